The third kappa shape index (κ3) is 3.98. The molecule has 6 nitrogen and oxygen atoms in total. The van der Waals surface area contributed by atoms with Crippen LogP contribution < -0.4 is 20.0 Å². The number of nitrogens with zero attached hydrogens (tertiary/aromatic N) is 2. The molecule has 0 bridgehead atoms. The molecule has 2 atom stereocenters. The molecule has 29 heavy (non-hydrogen) atoms. The molecule has 2 aliphatic heterocycles. The maximum Gasteiger partial charge on any atom is 0.285 e. The van der Waals surface area contributed by atoms with Crippen LogP contribution in [0.25, 0.3) is 0 Å². The van der Waals surface area contributed by atoms with E-state index < -0.39 is 0 Å². The summed E-state index contributed by atoms with van der Waals surface area (Å²) in [4.78, 5) is 30.6. The first-order valence-electron chi connectivity index (χ1n) is 10.4. The molecule has 2 N–H and O–H groups in total. The van der Waals surface area contributed by atoms with Crippen LogP contribution in [0, 0.1) is 0 Å². The topological polar surface area (TPSA) is 57.1 Å². The molecule has 2 amide bonds. The average Bonchev–Trinajstić information content (AvgIpc) is 3.27. The fourth-order valence-corrected chi connectivity index (χ4v) is 4.25. The minimum absolute atomic E-state index is 0.0246. The van der Waals surface area contributed by atoms with Crippen molar-refractivity contribution < 1.29 is 14.5 Å². The molecule has 1 fully saturated rings. The number of nitrogens with one attached hydrogen (secondary N) is 2. The van der Waals surface area contributed by atoms with E-state index >= 15 is 0 Å². The van der Waals surface area contributed by atoms with Crippen molar-refractivity contribution in [1.29, 1.82) is 0 Å². The van der Waals surface area contributed by atoms with Gasteiger partial charge in [-0.3, -0.25) is 14.5 Å². The van der Waals surface area contributed by atoms with Crippen LogP contribution in [0.4, 0.5) is 17.1 Å². The highest BCUT2D eigenvalue weighted by Crippen LogP contribution is 2.29. The van der Waals surface area contributed by atoms with Gasteiger partial charge < -0.3 is 15.1 Å². The summed E-state index contributed by atoms with van der Waals surface area (Å²) in [7, 11) is 2.05. The second-order valence-corrected chi connectivity index (χ2v) is 8.06. The Balaban J connectivity index is 1.51. The molecule has 0 aromatic heterocycles. The first-order valence-corrected chi connectivity index (χ1v) is 10.4. The van der Waals surface area contributed by atoms with Gasteiger partial charge in [0.1, 0.15) is 13.1 Å². The molecule has 0 radical (unpaired) electrons. The number of hydrogen-bond donors (Lipinski definition) is 2. The molecular weight excluding hydrogens is 364 g/mol. The van der Waals surface area contributed by atoms with Crippen LogP contribution in [0.1, 0.15) is 25.3 Å². The Labute approximate surface area is 172 Å². The number of carbonyl (C=O) groups is 2. The summed E-state index contributed by atoms with van der Waals surface area (Å²) in [5.74, 6) is -0.176. The number of amides is 2. The van der Waals surface area contributed by atoms with Crippen molar-refractivity contribution in [2.24, 2.45) is 0 Å². The van der Waals surface area contributed by atoms with Crippen LogP contribution >= 0.6 is 0 Å². The lowest BCUT2D eigenvalue weighted by Crippen LogP contribution is -3.12. The SMILES string of the molecule is C[C@@H](C(=O)N1CC(=O)Nc2ccccc21)[NH+](C)Cc1ccccc1N1CCCC1. The van der Waals surface area contributed by atoms with E-state index in [0.717, 1.165) is 30.2 Å². The van der Waals surface area contributed by atoms with Gasteiger partial charge in [0, 0.05) is 24.3 Å². The van der Waals surface area contributed by atoms with Crippen molar-refractivity contribution in [3.05, 3.63) is 54.1 Å². The van der Waals surface area contributed by atoms with Crippen molar-refractivity contribution in [2.75, 3.05) is 41.8 Å². The summed E-state index contributed by atoms with van der Waals surface area (Å²) in [5, 5.41) is 2.85. The third-order valence-electron chi connectivity index (χ3n) is 6.05. The van der Waals surface area contributed by atoms with E-state index in [1.165, 1.54) is 24.1 Å². The Morgan fingerprint density at radius 1 is 1.07 bits per heavy atom. The van der Waals surface area contributed by atoms with Crippen LogP contribution in [-0.2, 0) is 16.1 Å². The highest BCUT2D eigenvalue weighted by molar-refractivity contribution is 6.10. The van der Waals surface area contributed by atoms with E-state index in [2.05, 4.69) is 41.5 Å². The van der Waals surface area contributed by atoms with Crippen molar-refractivity contribution in [2.45, 2.75) is 32.4 Å². The summed E-state index contributed by atoms with van der Waals surface area (Å²) < 4.78 is 0. The maximum atomic E-state index is 13.3. The number of quaternary nitrogens is 1. The summed E-state index contributed by atoms with van der Waals surface area (Å²) in [5.41, 5.74) is 4.02. The van der Waals surface area contributed by atoms with Gasteiger partial charge in [-0.1, -0.05) is 30.3 Å². The van der Waals surface area contributed by atoms with Gasteiger partial charge in [0.15, 0.2) is 6.04 Å². The van der Waals surface area contributed by atoms with Gasteiger partial charge in [0.05, 0.1) is 18.4 Å². The summed E-state index contributed by atoms with van der Waals surface area (Å²) >= 11 is 0. The van der Waals surface area contributed by atoms with Crippen molar-refractivity contribution in [3.8, 4) is 0 Å². The summed E-state index contributed by atoms with van der Waals surface area (Å²) in [6.07, 6.45) is 2.48. The maximum absolute atomic E-state index is 13.3. The number of carbonyl (C=O) groups excluding carboxylic acids is 2. The van der Waals surface area contributed by atoms with Crippen LogP contribution in [0.5, 0.6) is 0 Å². The molecule has 4 rings (SSSR count). The second-order valence-electron chi connectivity index (χ2n) is 8.06. The van der Waals surface area contributed by atoms with Crippen LogP contribution in [0.2, 0.25) is 0 Å². The normalized spacial score (nSPS) is 18.2. The van der Waals surface area contributed by atoms with Gasteiger partial charge in [0.25, 0.3) is 5.91 Å². The zero-order valence-electron chi connectivity index (χ0n) is 17.1. The number of para-hydroxylation sites is 3. The lowest BCUT2D eigenvalue weighted by molar-refractivity contribution is -0.907. The smallest absolute Gasteiger partial charge is 0.285 e. The van der Waals surface area contributed by atoms with Gasteiger partial charge in [-0.05, 0) is 38.0 Å². The Morgan fingerprint density at radius 3 is 2.48 bits per heavy atom. The molecule has 0 aliphatic carbocycles. The lowest BCUT2D eigenvalue weighted by Gasteiger charge is -2.32. The lowest BCUT2D eigenvalue weighted by atomic mass is 10.1. The van der Waals surface area contributed by atoms with Gasteiger partial charge >= 0.3 is 0 Å². The average molecular weight is 394 g/mol. The molecule has 2 aromatic carbocycles. The monoisotopic (exact) mass is 393 g/mol. The van der Waals surface area contributed by atoms with E-state index in [1.54, 1.807) is 4.90 Å². The number of anilines is 3. The number of hydrogen-bond acceptors (Lipinski definition) is 3. The summed E-state index contributed by atoms with van der Waals surface area (Å²) in [6, 6.07) is 15.7. The molecule has 0 saturated carbocycles. The van der Waals surface area contributed by atoms with Crippen LogP contribution in [0.15, 0.2) is 48.5 Å². The van der Waals surface area contributed by atoms with E-state index in [-0.39, 0.29) is 24.4 Å². The second kappa shape index (κ2) is 8.25. The minimum atomic E-state index is -0.263. The molecular formula is C23H29N4O2+. The number of benzene rings is 2. The van der Waals surface area contributed by atoms with Gasteiger partial charge in [0.2, 0.25) is 5.91 Å². The molecule has 1 unspecified atom stereocenters. The first kappa shape index (κ1) is 19.5. The number of likely N-dealkylation sites (N-methyl/N-ethyl adjacent to an activating group) is 1. The zero-order chi connectivity index (χ0) is 20.4. The van der Waals surface area contributed by atoms with E-state index in [0.29, 0.717) is 5.69 Å². The Hall–Kier alpha value is -2.86. The minimum Gasteiger partial charge on any atom is -0.371 e. The fourth-order valence-electron chi connectivity index (χ4n) is 4.25. The molecule has 0 spiro atoms. The highest BCUT2D eigenvalue weighted by atomic mass is 16.2. The molecule has 1 saturated heterocycles. The molecule has 152 valence electrons. The fraction of sp³-hybridized carbons (Fsp3) is 0.391. The number of fused-ring (bicyclic) bond motifs is 1. The standard InChI is InChI=1S/C23H28N4O2/c1-17(23(29)27-16-22(28)24-19-10-4-6-12-21(19)27)25(2)15-18-9-3-5-11-20(18)26-13-7-8-14-26/h3-6,9-12,17H,7-8,13-16H2,1-2H3,(H,24,28)/p+1/t17-/m0/s1. The Bertz CT molecular complexity index is 907. The molecule has 2 heterocycles. The quantitative estimate of drug-likeness (QED) is 0.813. The Morgan fingerprint density at radius 2 is 1.72 bits per heavy atom. The van der Waals surface area contributed by atoms with Crippen molar-refractivity contribution in [3.63, 3.8) is 0 Å². The number of rotatable bonds is 5. The first-order chi connectivity index (χ1) is 14.0. The predicted octanol–water partition coefficient (Wildman–Crippen LogP) is 1.68. The van der Waals surface area contributed by atoms with Crippen LogP contribution in [0.3, 0.4) is 0 Å². The largest absolute Gasteiger partial charge is 0.371 e. The molecule has 2 aromatic rings. The van der Waals surface area contributed by atoms with Crippen LogP contribution in [-0.4, -0.2) is 44.5 Å². The Kier molecular flexibility index (Phi) is 5.53. The molecule has 6 heteroatoms. The van der Waals surface area contributed by atoms with Gasteiger partial charge in [-0.15, -0.1) is 0 Å². The third-order valence-corrected chi connectivity index (χ3v) is 6.05. The van der Waals surface area contributed by atoms with Gasteiger partial charge in [-0.25, -0.2) is 0 Å². The van der Waals surface area contributed by atoms with E-state index in [1.807, 2.05) is 31.2 Å². The van der Waals surface area contributed by atoms with Crippen molar-refractivity contribution in [1.82, 2.24) is 0 Å². The predicted molar refractivity (Wildman–Crippen MR) is 115 cm³/mol. The van der Waals surface area contributed by atoms with E-state index in [4.69, 9.17) is 0 Å². The highest BCUT2D eigenvalue weighted by Gasteiger charge is 2.33. The molecule has 2 aliphatic rings. The summed E-state index contributed by atoms with van der Waals surface area (Å²) in [6.45, 7) is 4.98. The van der Waals surface area contributed by atoms with Crippen molar-refractivity contribution >= 4 is 28.9 Å². The van der Waals surface area contributed by atoms with E-state index in [9.17, 15) is 9.59 Å². The zero-order valence-corrected chi connectivity index (χ0v) is 17.1. The van der Waals surface area contributed by atoms with Gasteiger partial charge in [-0.2, -0.15) is 0 Å².